The average Bonchev–Trinajstić information content (AvgIpc) is 3.47. The van der Waals surface area contributed by atoms with Crippen LogP contribution in [0.15, 0.2) is 49.1 Å². The number of aliphatic hydroxyl groups is 1. The summed E-state index contributed by atoms with van der Waals surface area (Å²) in [6.45, 7) is 5.40. The number of nitrogens with one attached hydrogen (secondary N) is 1. The van der Waals surface area contributed by atoms with Crippen molar-refractivity contribution in [2.75, 3.05) is 18.0 Å². The molecule has 3 aromatic heterocycles. The van der Waals surface area contributed by atoms with Gasteiger partial charge in [0.2, 0.25) is 0 Å². The molecule has 0 bridgehead atoms. The molecule has 8 heteroatoms. The Morgan fingerprint density at radius 3 is 2.76 bits per heavy atom. The van der Waals surface area contributed by atoms with Crippen LogP contribution in [0.1, 0.15) is 20.3 Å². The smallest absolute Gasteiger partial charge is 0.159 e. The van der Waals surface area contributed by atoms with Crippen LogP contribution in [0.3, 0.4) is 0 Å². The highest BCUT2D eigenvalue weighted by molar-refractivity contribution is 5.84. The summed E-state index contributed by atoms with van der Waals surface area (Å²) in [5, 5.41) is 23.0. The van der Waals surface area contributed by atoms with Crippen LogP contribution in [0.25, 0.3) is 28.0 Å². The van der Waals surface area contributed by atoms with Crippen molar-refractivity contribution in [3.63, 3.8) is 0 Å². The topological polar surface area (TPSA) is 95.8 Å². The zero-order valence-corrected chi connectivity index (χ0v) is 16.4. The summed E-state index contributed by atoms with van der Waals surface area (Å²) in [6, 6.07) is 10.1. The minimum Gasteiger partial charge on any atom is -0.390 e. The third-order valence-corrected chi connectivity index (χ3v) is 5.75. The van der Waals surface area contributed by atoms with Crippen LogP contribution >= 0.6 is 0 Å². The number of fused-ring (bicyclic) bond motifs is 1. The van der Waals surface area contributed by atoms with E-state index in [1.54, 1.807) is 12.5 Å². The van der Waals surface area contributed by atoms with Gasteiger partial charge in [-0.25, -0.2) is 14.6 Å². The van der Waals surface area contributed by atoms with Crippen LogP contribution in [0, 0.1) is 5.92 Å². The molecule has 148 valence electrons. The second-order valence-electron chi connectivity index (χ2n) is 8.12. The number of anilines is 1. The van der Waals surface area contributed by atoms with Gasteiger partial charge in [0.15, 0.2) is 5.82 Å². The minimum atomic E-state index is -0.689. The van der Waals surface area contributed by atoms with E-state index in [4.69, 9.17) is 0 Å². The monoisotopic (exact) mass is 389 g/mol. The van der Waals surface area contributed by atoms with Gasteiger partial charge in [0.05, 0.1) is 23.0 Å². The highest BCUT2D eigenvalue weighted by Gasteiger charge is 2.34. The van der Waals surface area contributed by atoms with Gasteiger partial charge in [0, 0.05) is 42.2 Å². The lowest BCUT2D eigenvalue weighted by molar-refractivity contribution is 0.0263. The van der Waals surface area contributed by atoms with Crippen molar-refractivity contribution in [2.45, 2.75) is 25.9 Å². The molecule has 29 heavy (non-hydrogen) atoms. The summed E-state index contributed by atoms with van der Waals surface area (Å²) in [5.74, 6) is 1.80. The van der Waals surface area contributed by atoms with Crippen LogP contribution in [-0.2, 0) is 0 Å². The van der Waals surface area contributed by atoms with E-state index in [-0.39, 0.29) is 5.92 Å². The Bertz CT molecular complexity index is 1140. The Morgan fingerprint density at radius 1 is 1.14 bits per heavy atom. The average molecular weight is 389 g/mol. The molecule has 5 rings (SSSR count). The maximum Gasteiger partial charge on any atom is 0.159 e. The molecule has 1 atom stereocenters. The first-order chi connectivity index (χ1) is 14.0. The molecule has 2 N–H and O–H groups in total. The molecular weight excluding hydrogens is 366 g/mol. The van der Waals surface area contributed by atoms with Gasteiger partial charge in [0.1, 0.15) is 12.1 Å². The summed E-state index contributed by atoms with van der Waals surface area (Å²) in [6.07, 6.45) is 6.11. The summed E-state index contributed by atoms with van der Waals surface area (Å²) >= 11 is 0. The molecule has 0 saturated carbocycles. The molecule has 0 unspecified atom stereocenters. The summed E-state index contributed by atoms with van der Waals surface area (Å²) in [7, 11) is 0. The third-order valence-electron chi connectivity index (χ3n) is 5.75. The van der Waals surface area contributed by atoms with E-state index >= 15 is 0 Å². The number of hydrogen-bond acceptors (Lipinski definition) is 6. The summed E-state index contributed by atoms with van der Waals surface area (Å²) in [4.78, 5) is 11.1. The molecule has 0 amide bonds. The summed E-state index contributed by atoms with van der Waals surface area (Å²) < 4.78 is 1.84. The standard InChI is InChI=1S/C21H23N7O/c1-21(2,29)16-6-8-27(12-16)19-10-20(23-13-22-19)28-18-9-14(17-5-7-24-26-17)3-4-15(18)11-25-28/h3-5,7,9-11,13,16,29H,6,8,12H2,1-2H3,(H,24,26)/t16-/m1/s1. The number of H-pyrrole nitrogens is 1. The maximum absolute atomic E-state index is 10.3. The first kappa shape index (κ1) is 17.8. The Hall–Kier alpha value is -3.26. The molecule has 0 spiro atoms. The van der Waals surface area contributed by atoms with E-state index in [1.807, 2.05) is 49.0 Å². The van der Waals surface area contributed by atoms with Crippen molar-refractivity contribution in [2.24, 2.45) is 5.92 Å². The molecule has 1 aromatic carbocycles. The Labute approximate surface area is 168 Å². The van der Waals surface area contributed by atoms with Crippen LogP contribution in [0.5, 0.6) is 0 Å². The zero-order chi connectivity index (χ0) is 20.0. The first-order valence-corrected chi connectivity index (χ1v) is 9.76. The largest absolute Gasteiger partial charge is 0.390 e. The van der Waals surface area contributed by atoms with Gasteiger partial charge in [-0.1, -0.05) is 12.1 Å². The number of rotatable bonds is 4. The molecular formula is C21H23N7O. The molecule has 1 saturated heterocycles. The van der Waals surface area contributed by atoms with Gasteiger partial charge < -0.3 is 10.0 Å². The highest BCUT2D eigenvalue weighted by atomic mass is 16.3. The Balaban J connectivity index is 1.50. The van der Waals surface area contributed by atoms with E-state index < -0.39 is 5.60 Å². The van der Waals surface area contributed by atoms with Crippen molar-refractivity contribution in [1.82, 2.24) is 29.9 Å². The molecule has 1 aliphatic heterocycles. The molecule has 4 heterocycles. The van der Waals surface area contributed by atoms with Crippen molar-refractivity contribution in [3.05, 3.63) is 49.1 Å². The van der Waals surface area contributed by atoms with Gasteiger partial charge >= 0.3 is 0 Å². The minimum absolute atomic E-state index is 0.225. The van der Waals surface area contributed by atoms with Crippen LogP contribution < -0.4 is 4.90 Å². The molecule has 4 aromatic rings. The fraction of sp³-hybridized carbons (Fsp3) is 0.333. The number of benzene rings is 1. The van der Waals surface area contributed by atoms with E-state index in [2.05, 4.69) is 36.2 Å². The lowest BCUT2D eigenvalue weighted by Gasteiger charge is -2.25. The normalized spacial score (nSPS) is 17.3. The van der Waals surface area contributed by atoms with Gasteiger partial charge in [0.25, 0.3) is 0 Å². The van der Waals surface area contributed by atoms with Crippen molar-refractivity contribution >= 4 is 16.7 Å². The van der Waals surface area contributed by atoms with Crippen molar-refractivity contribution in [1.29, 1.82) is 0 Å². The Kier molecular flexibility index (Phi) is 4.09. The number of aromatic amines is 1. The van der Waals surface area contributed by atoms with Gasteiger partial charge in [-0.2, -0.15) is 10.2 Å². The number of nitrogens with zero attached hydrogens (tertiary/aromatic N) is 6. The lowest BCUT2D eigenvalue weighted by Crippen LogP contribution is -2.33. The van der Waals surface area contributed by atoms with E-state index in [0.717, 1.165) is 53.3 Å². The second kappa shape index (κ2) is 6.66. The predicted molar refractivity (Wildman–Crippen MR) is 111 cm³/mol. The lowest BCUT2D eigenvalue weighted by atomic mass is 9.90. The van der Waals surface area contributed by atoms with E-state index in [0.29, 0.717) is 0 Å². The highest BCUT2D eigenvalue weighted by Crippen LogP contribution is 2.30. The van der Waals surface area contributed by atoms with E-state index in [9.17, 15) is 5.11 Å². The maximum atomic E-state index is 10.3. The van der Waals surface area contributed by atoms with E-state index in [1.165, 1.54) is 0 Å². The molecule has 0 radical (unpaired) electrons. The molecule has 1 fully saturated rings. The van der Waals surface area contributed by atoms with Crippen molar-refractivity contribution in [3.8, 4) is 17.1 Å². The SMILES string of the molecule is CC(C)(O)[C@@H]1CCN(c2cc(-n3ncc4ccc(-c5ccn[nH]5)cc43)ncn2)C1. The molecule has 0 aliphatic carbocycles. The van der Waals surface area contributed by atoms with Gasteiger partial charge in [-0.05, 0) is 32.4 Å². The molecule has 1 aliphatic rings. The van der Waals surface area contributed by atoms with Crippen LogP contribution in [0.2, 0.25) is 0 Å². The molecule has 8 nitrogen and oxygen atoms in total. The predicted octanol–water partition coefficient (Wildman–Crippen LogP) is 2.80. The second-order valence-corrected chi connectivity index (χ2v) is 8.12. The Morgan fingerprint density at radius 2 is 2.00 bits per heavy atom. The van der Waals surface area contributed by atoms with Crippen LogP contribution in [-0.4, -0.2) is 53.7 Å². The third kappa shape index (κ3) is 3.25. The number of aromatic nitrogens is 6. The fourth-order valence-corrected chi connectivity index (χ4v) is 3.96. The van der Waals surface area contributed by atoms with Crippen LogP contribution in [0.4, 0.5) is 5.82 Å². The number of hydrogen-bond donors (Lipinski definition) is 2. The summed E-state index contributed by atoms with van der Waals surface area (Å²) in [5.41, 5.74) is 2.28. The quantitative estimate of drug-likeness (QED) is 0.557. The first-order valence-electron chi connectivity index (χ1n) is 9.76. The van der Waals surface area contributed by atoms with Gasteiger partial charge in [-0.15, -0.1) is 0 Å². The van der Waals surface area contributed by atoms with Crippen molar-refractivity contribution < 1.29 is 5.11 Å². The zero-order valence-electron chi connectivity index (χ0n) is 16.4. The fourth-order valence-electron chi connectivity index (χ4n) is 3.96. The van der Waals surface area contributed by atoms with Gasteiger partial charge in [-0.3, -0.25) is 5.10 Å².